The molecule has 0 radical (unpaired) electrons. The van der Waals surface area contributed by atoms with Crippen LogP contribution < -0.4 is 5.43 Å². The summed E-state index contributed by atoms with van der Waals surface area (Å²) in [5.41, 5.74) is 4.68. The van der Waals surface area contributed by atoms with Crippen LogP contribution in [0, 0.1) is 20.2 Å². The van der Waals surface area contributed by atoms with Gasteiger partial charge in [0, 0.05) is 18.1 Å². The monoisotopic (exact) mass is 490 g/mol. The summed E-state index contributed by atoms with van der Waals surface area (Å²) in [6, 6.07) is 20.4. The Morgan fingerprint density at radius 1 is 0.917 bits per heavy atom. The first-order valence-electron chi connectivity index (χ1n) is 11.5. The van der Waals surface area contributed by atoms with Crippen molar-refractivity contribution in [2.45, 2.75) is 32.6 Å². The number of hydrazone groups is 1. The van der Waals surface area contributed by atoms with Gasteiger partial charge in [0.15, 0.2) is 0 Å². The molecule has 3 aromatic rings. The van der Waals surface area contributed by atoms with Crippen molar-refractivity contribution in [3.05, 3.63) is 98.6 Å². The van der Waals surface area contributed by atoms with Crippen LogP contribution in [-0.2, 0) is 9.53 Å². The molecule has 0 fully saturated rings. The van der Waals surface area contributed by atoms with Gasteiger partial charge in [-0.05, 0) is 23.6 Å². The van der Waals surface area contributed by atoms with Gasteiger partial charge in [-0.15, -0.1) is 0 Å². The van der Waals surface area contributed by atoms with Crippen LogP contribution in [0.3, 0.4) is 0 Å². The molecule has 0 saturated heterocycles. The lowest BCUT2D eigenvalue weighted by Gasteiger charge is -2.11. The number of nitrogens with one attached hydrogen (secondary N) is 1. The number of nitro benzene ring substituents is 2. The van der Waals surface area contributed by atoms with Crippen molar-refractivity contribution in [2.75, 3.05) is 12.0 Å². The highest BCUT2D eigenvalue weighted by atomic mass is 16.6. The van der Waals surface area contributed by atoms with E-state index in [1.807, 2.05) is 61.5 Å². The number of carbonyl (C=O) groups excluding carboxylic acids is 1. The third-order valence-corrected chi connectivity index (χ3v) is 5.38. The van der Waals surface area contributed by atoms with E-state index in [0.29, 0.717) is 11.3 Å². The Balaban J connectivity index is 1.87. The Hall–Kier alpha value is -4.60. The van der Waals surface area contributed by atoms with E-state index in [2.05, 4.69) is 10.5 Å². The predicted molar refractivity (Wildman–Crippen MR) is 137 cm³/mol. The quantitative estimate of drug-likeness (QED) is 0.106. The molecule has 0 saturated carbocycles. The van der Waals surface area contributed by atoms with Crippen molar-refractivity contribution in [2.24, 2.45) is 5.10 Å². The van der Waals surface area contributed by atoms with E-state index in [1.165, 1.54) is 6.07 Å². The van der Waals surface area contributed by atoms with Crippen LogP contribution in [-0.4, -0.2) is 28.1 Å². The smallest absolute Gasteiger partial charge is 0.306 e. The maximum atomic E-state index is 12.2. The SMILES string of the molecule is CCCCCC(=O)OC/C(=N\Nc1ccc([N+](=O)[O-])cc1[N+](=O)[O-])c1ccc(-c2ccccc2)cc1. The number of nitrogens with zero attached hydrogens (tertiary/aromatic N) is 3. The van der Waals surface area contributed by atoms with E-state index in [9.17, 15) is 25.0 Å². The lowest BCUT2D eigenvalue weighted by molar-refractivity contribution is -0.393. The molecule has 0 aliphatic heterocycles. The molecule has 10 heteroatoms. The number of rotatable bonds is 12. The number of ether oxygens (including phenoxy) is 1. The van der Waals surface area contributed by atoms with E-state index < -0.39 is 21.2 Å². The van der Waals surface area contributed by atoms with Crippen LogP contribution in [0.4, 0.5) is 17.1 Å². The number of unbranched alkanes of at least 4 members (excludes halogenated alkanes) is 2. The Morgan fingerprint density at radius 2 is 1.61 bits per heavy atom. The molecule has 0 bridgehead atoms. The summed E-state index contributed by atoms with van der Waals surface area (Å²) in [5.74, 6) is -0.363. The van der Waals surface area contributed by atoms with Crippen molar-refractivity contribution < 1.29 is 19.4 Å². The third-order valence-electron chi connectivity index (χ3n) is 5.38. The van der Waals surface area contributed by atoms with Crippen molar-refractivity contribution in [3.8, 4) is 11.1 Å². The number of anilines is 1. The zero-order valence-corrected chi connectivity index (χ0v) is 19.8. The third kappa shape index (κ3) is 7.20. The van der Waals surface area contributed by atoms with Crippen molar-refractivity contribution >= 4 is 28.7 Å². The highest BCUT2D eigenvalue weighted by molar-refractivity contribution is 6.03. The predicted octanol–water partition coefficient (Wildman–Crippen LogP) is 6.11. The first kappa shape index (κ1) is 26.0. The average molecular weight is 491 g/mol. The van der Waals surface area contributed by atoms with Crippen LogP contribution in [0.1, 0.15) is 38.2 Å². The Morgan fingerprint density at radius 3 is 2.25 bits per heavy atom. The van der Waals surface area contributed by atoms with Crippen LogP contribution in [0.5, 0.6) is 0 Å². The zero-order valence-electron chi connectivity index (χ0n) is 19.8. The van der Waals surface area contributed by atoms with Crippen molar-refractivity contribution in [1.82, 2.24) is 0 Å². The Kier molecular flexibility index (Phi) is 9.21. The Labute approximate surface area is 207 Å². The molecular formula is C26H26N4O6. The fourth-order valence-corrected chi connectivity index (χ4v) is 3.41. The van der Waals surface area contributed by atoms with Crippen molar-refractivity contribution in [1.29, 1.82) is 0 Å². The molecule has 0 aromatic heterocycles. The molecule has 0 unspecified atom stereocenters. The van der Waals surface area contributed by atoms with Crippen LogP contribution in [0.2, 0.25) is 0 Å². The second-order valence-electron chi connectivity index (χ2n) is 7.95. The molecule has 0 aliphatic rings. The summed E-state index contributed by atoms with van der Waals surface area (Å²) in [4.78, 5) is 33.2. The van der Waals surface area contributed by atoms with E-state index in [4.69, 9.17) is 4.74 Å². The largest absolute Gasteiger partial charge is 0.459 e. The summed E-state index contributed by atoms with van der Waals surface area (Å²) in [5, 5.41) is 26.7. The molecule has 0 heterocycles. The first-order chi connectivity index (χ1) is 17.4. The summed E-state index contributed by atoms with van der Waals surface area (Å²) >= 11 is 0. The minimum Gasteiger partial charge on any atom is -0.459 e. The highest BCUT2D eigenvalue weighted by Crippen LogP contribution is 2.29. The van der Waals surface area contributed by atoms with E-state index in [-0.39, 0.29) is 24.7 Å². The number of hydrogen-bond donors (Lipinski definition) is 1. The second-order valence-corrected chi connectivity index (χ2v) is 7.95. The van der Waals surface area contributed by atoms with Gasteiger partial charge in [0.25, 0.3) is 5.69 Å². The maximum Gasteiger partial charge on any atom is 0.306 e. The van der Waals surface area contributed by atoms with Gasteiger partial charge in [0.1, 0.15) is 18.0 Å². The molecule has 3 aromatic carbocycles. The summed E-state index contributed by atoms with van der Waals surface area (Å²) in [6.07, 6.45) is 2.91. The first-order valence-corrected chi connectivity index (χ1v) is 11.5. The van der Waals surface area contributed by atoms with Crippen LogP contribution in [0.25, 0.3) is 11.1 Å². The van der Waals surface area contributed by atoms with Gasteiger partial charge in [-0.3, -0.25) is 30.4 Å². The lowest BCUT2D eigenvalue weighted by Crippen LogP contribution is -2.16. The number of carbonyl (C=O) groups is 1. The minimum absolute atomic E-state index is 0.0294. The number of benzene rings is 3. The van der Waals surface area contributed by atoms with E-state index in [1.54, 1.807) is 0 Å². The van der Waals surface area contributed by atoms with Gasteiger partial charge in [-0.1, -0.05) is 74.4 Å². The van der Waals surface area contributed by atoms with Crippen LogP contribution >= 0.6 is 0 Å². The van der Waals surface area contributed by atoms with Gasteiger partial charge < -0.3 is 4.74 Å². The number of esters is 1. The van der Waals surface area contributed by atoms with E-state index >= 15 is 0 Å². The topological polar surface area (TPSA) is 137 Å². The number of nitro groups is 2. The standard InChI is InChI=1S/C26H26N4O6/c1-2-3-5-10-26(31)36-18-24(21-13-11-20(12-14-21)19-8-6-4-7-9-19)28-27-23-16-15-22(29(32)33)17-25(23)30(34)35/h4,6-9,11-17,27H,2-3,5,10,18H2,1H3/b28-24+. The molecule has 0 atom stereocenters. The maximum absolute atomic E-state index is 12.2. The number of hydrogen-bond acceptors (Lipinski definition) is 8. The number of non-ortho nitro benzene ring substituents is 1. The molecule has 3 rings (SSSR count). The fraction of sp³-hybridized carbons (Fsp3) is 0.231. The summed E-state index contributed by atoms with van der Waals surface area (Å²) < 4.78 is 5.40. The minimum atomic E-state index is -0.729. The molecule has 10 nitrogen and oxygen atoms in total. The second kappa shape index (κ2) is 12.7. The summed E-state index contributed by atoms with van der Waals surface area (Å²) in [6.45, 7) is 1.89. The Bertz CT molecular complexity index is 1240. The molecule has 0 spiro atoms. The highest BCUT2D eigenvalue weighted by Gasteiger charge is 2.20. The van der Waals surface area contributed by atoms with E-state index in [0.717, 1.165) is 42.5 Å². The fourth-order valence-electron chi connectivity index (χ4n) is 3.41. The molecule has 0 aliphatic carbocycles. The normalized spacial score (nSPS) is 11.1. The molecule has 186 valence electrons. The molecule has 36 heavy (non-hydrogen) atoms. The zero-order chi connectivity index (χ0) is 25.9. The average Bonchev–Trinajstić information content (AvgIpc) is 2.89. The molecule has 0 amide bonds. The van der Waals surface area contributed by atoms with Crippen molar-refractivity contribution in [3.63, 3.8) is 0 Å². The van der Waals surface area contributed by atoms with Gasteiger partial charge in [0.05, 0.1) is 15.9 Å². The van der Waals surface area contributed by atoms with Gasteiger partial charge in [0.2, 0.25) is 0 Å². The summed E-state index contributed by atoms with van der Waals surface area (Å²) in [7, 11) is 0. The van der Waals surface area contributed by atoms with Gasteiger partial charge in [-0.25, -0.2) is 0 Å². The molecular weight excluding hydrogens is 464 g/mol. The van der Waals surface area contributed by atoms with Gasteiger partial charge in [-0.2, -0.15) is 5.10 Å². The van der Waals surface area contributed by atoms with Crippen LogP contribution in [0.15, 0.2) is 77.9 Å². The molecule has 1 N–H and O–H groups in total. The van der Waals surface area contributed by atoms with Gasteiger partial charge >= 0.3 is 11.7 Å². The lowest BCUT2D eigenvalue weighted by atomic mass is 10.0.